The van der Waals surface area contributed by atoms with Gasteiger partial charge >= 0.3 is 0 Å². The molecular weight excluding hydrogens is 323 g/mol. The van der Waals surface area contributed by atoms with Crippen molar-refractivity contribution >= 4 is 17.0 Å². The normalized spacial score (nSPS) is 17.4. The number of carbonyl (C=O) groups excluding carboxylic acids is 1. The van der Waals surface area contributed by atoms with Crippen molar-refractivity contribution < 1.29 is 13.7 Å². The second kappa shape index (κ2) is 5.93. The number of aromatic nitrogens is 2. The zero-order valence-electron chi connectivity index (χ0n) is 13.7. The molecule has 3 heterocycles. The van der Waals surface area contributed by atoms with Gasteiger partial charge in [-0.05, 0) is 31.5 Å². The first kappa shape index (κ1) is 15.7. The van der Waals surface area contributed by atoms with Crippen LogP contribution in [0, 0.1) is 12.7 Å². The number of nitrogens with zero attached hydrogens (tertiary/aromatic N) is 3. The molecule has 1 saturated heterocycles. The minimum Gasteiger partial charge on any atom is -0.337 e. The number of benzene rings is 1. The van der Waals surface area contributed by atoms with Crippen LogP contribution in [0.25, 0.3) is 22.4 Å². The number of halogens is 1. The molecule has 6 nitrogen and oxygen atoms in total. The first-order valence-electron chi connectivity index (χ1n) is 8.11. The van der Waals surface area contributed by atoms with Gasteiger partial charge in [-0.15, -0.1) is 0 Å². The van der Waals surface area contributed by atoms with Crippen LogP contribution < -0.4 is 5.73 Å². The predicted molar refractivity (Wildman–Crippen MR) is 90.4 cm³/mol. The van der Waals surface area contributed by atoms with Crippen LogP contribution in [-0.2, 0) is 0 Å². The summed E-state index contributed by atoms with van der Waals surface area (Å²) in [5.74, 6) is -0.573. The SMILES string of the molecule is Cc1noc2nc(-c3ccccc3F)cc(C(=O)N3CC[C@H](N)C3)c12. The van der Waals surface area contributed by atoms with Gasteiger partial charge in [0.1, 0.15) is 5.82 Å². The molecule has 4 rings (SSSR count). The van der Waals surface area contributed by atoms with Gasteiger partial charge in [-0.2, -0.15) is 0 Å². The molecule has 0 aliphatic carbocycles. The van der Waals surface area contributed by atoms with E-state index in [1.165, 1.54) is 6.07 Å². The summed E-state index contributed by atoms with van der Waals surface area (Å²) in [7, 11) is 0. The number of hydrogen-bond acceptors (Lipinski definition) is 5. The van der Waals surface area contributed by atoms with Gasteiger partial charge in [0.05, 0.1) is 22.3 Å². The molecule has 1 atom stereocenters. The minimum atomic E-state index is -0.410. The lowest BCUT2D eigenvalue weighted by Gasteiger charge is -2.17. The summed E-state index contributed by atoms with van der Waals surface area (Å²) in [4.78, 5) is 19.1. The van der Waals surface area contributed by atoms with E-state index in [1.807, 2.05) is 0 Å². The van der Waals surface area contributed by atoms with Gasteiger partial charge in [0.15, 0.2) is 0 Å². The average molecular weight is 340 g/mol. The zero-order valence-corrected chi connectivity index (χ0v) is 13.7. The van der Waals surface area contributed by atoms with Crippen molar-refractivity contribution in [2.45, 2.75) is 19.4 Å². The highest BCUT2D eigenvalue weighted by molar-refractivity contribution is 6.07. The van der Waals surface area contributed by atoms with Crippen LogP contribution in [0.1, 0.15) is 22.5 Å². The number of rotatable bonds is 2. The molecule has 25 heavy (non-hydrogen) atoms. The molecule has 0 spiro atoms. The topological polar surface area (TPSA) is 85.2 Å². The second-order valence-electron chi connectivity index (χ2n) is 6.28. The fraction of sp³-hybridized carbons (Fsp3) is 0.278. The Bertz CT molecular complexity index is 969. The highest BCUT2D eigenvalue weighted by atomic mass is 19.1. The van der Waals surface area contributed by atoms with Gasteiger partial charge < -0.3 is 15.2 Å². The molecule has 0 saturated carbocycles. The van der Waals surface area contributed by atoms with E-state index < -0.39 is 5.82 Å². The lowest BCUT2D eigenvalue weighted by Crippen LogP contribution is -2.32. The summed E-state index contributed by atoms with van der Waals surface area (Å²) in [6.45, 7) is 2.86. The van der Waals surface area contributed by atoms with E-state index in [4.69, 9.17) is 10.3 Å². The zero-order chi connectivity index (χ0) is 17.6. The molecule has 3 aromatic rings. The van der Waals surface area contributed by atoms with E-state index in [-0.39, 0.29) is 17.7 Å². The summed E-state index contributed by atoms with van der Waals surface area (Å²) in [6, 6.07) is 7.89. The van der Waals surface area contributed by atoms with Crippen molar-refractivity contribution in [3.8, 4) is 11.3 Å². The summed E-state index contributed by atoms with van der Waals surface area (Å²) in [5.41, 5.74) is 7.79. The third-order valence-electron chi connectivity index (χ3n) is 4.51. The number of nitrogens with two attached hydrogens (primary N) is 1. The molecule has 128 valence electrons. The molecule has 2 aromatic heterocycles. The molecule has 7 heteroatoms. The van der Waals surface area contributed by atoms with Gasteiger partial charge in [0.2, 0.25) is 0 Å². The second-order valence-corrected chi connectivity index (χ2v) is 6.28. The van der Waals surface area contributed by atoms with Crippen molar-refractivity contribution in [1.29, 1.82) is 0 Å². The van der Waals surface area contributed by atoms with Crippen LogP contribution >= 0.6 is 0 Å². The molecule has 1 fully saturated rings. The van der Waals surface area contributed by atoms with Crippen molar-refractivity contribution in [2.24, 2.45) is 5.73 Å². The first-order valence-corrected chi connectivity index (χ1v) is 8.11. The molecule has 0 radical (unpaired) electrons. The van der Waals surface area contributed by atoms with E-state index in [0.29, 0.717) is 41.0 Å². The Hall–Kier alpha value is -2.80. The molecule has 2 N–H and O–H groups in total. The lowest BCUT2D eigenvalue weighted by molar-refractivity contribution is 0.0792. The number of pyridine rings is 1. The lowest BCUT2D eigenvalue weighted by atomic mass is 10.0. The van der Waals surface area contributed by atoms with Gasteiger partial charge in [-0.25, -0.2) is 9.37 Å². The molecule has 0 unspecified atom stereocenters. The maximum atomic E-state index is 14.2. The fourth-order valence-corrected chi connectivity index (χ4v) is 3.21. The Morgan fingerprint density at radius 2 is 2.20 bits per heavy atom. The molecular formula is C18H17FN4O2. The number of aryl methyl sites for hydroxylation is 1. The van der Waals surface area contributed by atoms with E-state index in [2.05, 4.69) is 10.1 Å². The molecule has 1 amide bonds. The summed E-state index contributed by atoms with van der Waals surface area (Å²) >= 11 is 0. The van der Waals surface area contributed by atoms with Crippen LogP contribution in [0.3, 0.4) is 0 Å². The van der Waals surface area contributed by atoms with E-state index in [9.17, 15) is 9.18 Å². The van der Waals surface area contributed by atoms with Crippen LogP contribution in [0.2, 0.25) is 0 Å². The number of hydrogen-bond donors (Lipinski definition) is 1. The third-order valence-corrected chi connectivity index (χ3v) is 4.51. The Morgan fingerprint density at radius 1 is 1.40 bits per heavy atom. The van der Waals surface area contributed by atoms with Crippen molar-refractivity contribution in [3.63, 3.8) is 0 Å². The summed E-state index contributed by atoms with van der Waals surface area (Å²) < 4.78 is 19.4. The van der Waals surface area contributed by atoms with Gasteiger partial charge in [-0.3, -0.25) is 4.79 Å². The van der Waals surface area contributed by atoms with E-state index in [1.54, 1.807) is 36.1 Å². The van der Waals surface area contributed by atoms with Gasteiger partial charge in [-0.1, -0.05) is 17.3 Å². The maximum absolute atomic E-state index is 14.2. The number of amides is 1. The van der Waals surface area contributed by atoms with Crippen LogP contribution in [0.4, 0.5) is 4.39 Å². The van der Waals surface area contributed by atoms with Crippen molar-refractivity contribution in [1.82, 2.24) is 15.0 Å². The van der Waals surface area contributed by atoms with Crippen LogP contribution in [-0.4, -0.2) is 40.1 Å². The molecule has 0 bridgehead atoms. The van der Waals surface area contributed by atoms with Gasteiger partial charge in [0, 0.05) is 24.7 Å². The highest BCUT2D eigenvalue weighted by Gasteiger charge is 2.28. The largest absolute Gasteiger partial charge is 0.337 e. The summed E-state index contributed by atoms with van der Waals surface area (Å²) in [5, 5.41) is 4.47. The third kappa shape index (κ3) is 2.66. The fourth-order valence-electron chi connectivity index (χ4n) is 3.21. The number of likely N-dealkylation sites (tertiary alicyclic amines) is 1. The smallest absolute Gasteiger partial charge is 0.259 e. The quantitative estimate of drug-likeness (QED) is 0.775. The van der Waals surface area contributed by atoms with Crippen LogP contribution in [0.15, 0.2) is 34.9 Å². The standard InChI is InChI=1S/C18H17FN4O2/c1-10-16-13(18(24)23-7-6-11(20)9-23)8-15(21-17(16)25-22-10)12-4-2-3-5-14(12)19/h2-5,8,11H,6-7,9,20H2,1H3/t11-/m0/s1. The molecule has 1 aliphatic heterocycles. The average Bonchev–Trinajstić information content (AvgIpc) is 3.20. The highest BCUT2D eigenvalue weighted by Crippen LogP contribution is 2.29. The number of carbonyl (C=O) groups is 1. The Morgan fingerprint density at radius 3 is 2.92 bits per heavy atom. The number of fused-ring (bicyclic) bond motifs is 1. The van der Waals surface area contributed by atoms with Gasteiger partial charge in [0.25, 0.3) is 11.6 Å². The van der Waals surface area contributed by atoms with E-state index in [0.717, 1.165) is 6.42 Å². The van der Waals surface area contributed by atoms with Crippen LogP contribution in [0.5, 0.6) is 0 Å². The maximum Gasteiger partial charge on any atom is 0.259 e. The molecule has 1 aliphatic rings. The van der Waals surface area contributed by atoms with Crippen molar-refractivity contribution in [3.05, 3.63) is 47.4 Å². The Balaban J connectivity index is 1.88. The van der Waals surface area contributed by atoms with E-state index >= 15 is 0 Å². The van der Waals surface area contributed by atoms with Crippen molar-refractivity contribution in [2.75, 3.05) is 13.1 Å². The molecule has 1 aromatic carbocycles. The Labute approximate surface area is 143 Å². The first-order chi connectivity index (χ1) is 12.0. The Kier molecular flexibility index (Phi) is 3.73. The monoisotopic (exact) mass is 340 g/mol. The predicted octanol–water partition coefficient (Wildman–Crippen LogP) is 2.51. The summed E-state index contributed by atoms with van der Waals surface area (Å²) in [6.07, 6.45) is 0.767. The minimum absolute atomic E-state index is 0.0177.